The van der Waals surface area contributed by atoms with E-state index in [1.54, 1.807) is 6.92 Å². The Morgan fingerprint density at radius 1 is 1.82 bits per heavy atom. The fourth-order valence-corrected chi connectivity index (χ4v) is 0.682. The predicted octanol–water partition coefficient (Wildman–Crippen LogP) is 1.19. The number of carbonyl (C=O) groups is 1. The third-order valence-electron chi connectivity index (χ3n) is 1.13. The normalized spacial score (nSPS) is 11.7. The number of hydrogen-bond donors (Lipinski definition) is 1. The maximum Gasteiger partial charge on any atom is 0.233 e. The van der Waals surface area contributed by atoms with Crippen LogP contribution in [0.15, 0.2) is 0 Å². The lowest BCUT2D eigenvalue weighted by Crippen LogP contribution is -2.30. The molecule has 0 rings (SSSR count). The van der Waals surface area contributed by atoms with Crippen LogP contribution in [0.2, 0.25) is 0 Å². The number of alkyl halides is 1. The van der Waals surface area contributed by atoms with Crippen LogP contribution in [0.3, 0.4) is 0 Å². The molecule has 0 aromatic carbocycles. The third kappa shape index (κ3) is 5.86. The number of halogens is 1. The van der Waals surface area contributed by atoms with Gasteiger partial charge in [0.1, 0.15) is 0 Å². The first-order chi connectivity index (χ1) is 5.18. The van der Waals surface area contributed by atoms with Gasteiger partial charge in [-0.3, -0.25) is 4.79 Å². The molecule has 0 bridgehead atoms. The molecule has 0 radical (unpaired) electrons. The number of rotatable bonds is 4. The summed E-state index contributed by atoms with van der Waals surface area (Å²) >= 11 is 3.13. The molecule has 0 aromatic rings. The Morgan fingerprint density at radius 3 is 2.91 bits per heavy atom. The molecule has 4 heteroatoms. The number of nitrogens with zero attached hydrogens (tertiary/aromatic N) is 1. The van der Waals surface area contributed by atoms with E-state index in [1.807, 2.05) is 6.07 Å². The van der Waals surface area contributed by atoms with E-state index in [0.717, 1.165) is 6.42 Å². The highest BCUT2D eigenvalue weighted by Gasteiger charge is 2.05. The summed E-state index contributed by atoms with van der Waals surface area (Å²) in [6.07, 6.45) is 1.22. The molecule has 62 valence electrons. The van der Waals surface area contributed by atoms with Gasteiger partial charge in [0.15, 0.2) is 0 Å². The van der Waals surface area contributed by atoms with E-state index >= 15 is 0 Å². The van der Waals surface area contributed by atoms with Gasteiger partial charge in [-0.2, -0.15) is 5.26 Å². The molecule has 1 amide bonds. The number of nitriles is 1. The van der Waals surface area contributed by atoms with E-state index in [1.165, 1.54) is 0 Å². The van der Waals surface area contributed by atoms with Crippen LogP contribution in [0, 0.1) is 11.3 Å². The highest BCUT2D eigenvalue weighted by atomic mass is 79.9. The van der Waals surface area contributed by atoms with E-state index in [9.17, 15) is 4.79 Å². The van der Waals surface area contributed by atoms with Crippen molar-refractivity contribution in [1.82, 2.24) is 5.32 Å². The highest BCUT2D eigenvalue weighted by molar-refractivity contribution is 9.10. The summed E-state index contributed by atoms with van der Waals surface area (Å²) in [7, 11) is 0. The monoisotopic (exact) mass is 218 g/mol. The second-order valence-electron chi connectivity index (χ2n) is 2.17. The van der Waals surface area contributed by atoms with Crippen LogP contribution < -0.4 is 5.32 Å². The van der Waals surface area contributed by atoms with Crippen LogP contribution in [-0.4, -0.2) is 17.3 Å². The first-order valence-corrected chi connectivity index (χ1v) is 4.38. The molecule has 1 N–H and O–H groups in total. The van der Waals surface area contributed by atoms with Crippen LogP contribution >= 0.6 is 15.9 Å². The summed E-state index contributed by atoms with van der Waals surface area (Å²) in [4.78, 5) is 10.7. The summed E-state index contributed by atoms with van der Waals surface area (Å²) in [5.41, 5.74) is 0. The Kier molecular flexibility index (Phi) is 5.86. The Balaban J connectivity index is 3.26. The van der Waals surface area contributed by atoms with E-state index < -0.39 is 0 Å². The second kappa shape index (κ2) is 6.17. The van der Waals surface area contributed by atoms with Crippen molar-refractivity contribution in [1.29, 1.82) is 5.26 Å². The van der Waals surface area contributed by atoms with Crippen molar-refractivity contribution < 1.29 is 4.79 Å². The van der Waals surface area contributed by atoms with Crippen molar-refractivity contribution in [3.8, 4) is 6.07 Å². The average Bonchev–Trinajstić information content (AvgIpc) is 1.97. The second-order valence-corrected chi connectivity index (χ2v) is 3.54. The lowest BCUT2D eigenvalue weighted by Gasteiger charge is -2.03. The van der Waals surface area contributed by atoms with Crippen molar-refractivity contribution in [2.75, 3.05) is 6.54 Å². The van der Waals surface area contributed by atoms with E-state index in [2.05, 4.69) is 21.2 Å². The Labute approximate surface area is 74.9 Å². The summed E-state index contributed by atoms with van der Waals surface area (Å²) in [6.45, 7) is 2.35. The molecule has 0 aliphatic heterocycles. The zero-order valence-electron chi connectivity index (χ0n) is 6.43. The van der Waals surface area contributed by atoms with Gasteiger partial charge in [0.05, 0.1) is 10.9 Å². The smallest absolute Gasteiger partial charge is 0.233 e. The molecular formula is C7H11BrN2O. The molecule has 0 saturated heterocycles. The molecule has 0 aliphatic carbocycles. The first kappa shape index (κ1) is 10.4. The molecule has 11 heavy (non-hydrogen) atoms. The molecule has 0 aliphatic rings. The predicted molar refractivity (Wildman–Crippen MR) is 46.2 cm³/mol. The molecule has 0 saturated carbocycles. The standard InChI is InChI=1S/C7H11BrN2O/c1-6(8)7(11)10-5-3-2-4-9/h6H,2-3,5H2,1H3,(H,10,11). The van der Waals surface area contributed by atoms with Crippen LogP contribution in [0.5, 0.6) is 0 Å². The summed E-state index contributed by atoms with van der Waals surface area (Å²) < 4.78 is 0. The quantitative estimate of drug-likeness (QED) is 0.570. The molecule has 0 aromatic heterocycles. The van der Waals surface area contributed by atoms with Gasteiger partial charge in [-0.15, -0.1) is 0 Å². The number of carbonyl (C=O) groups excluding carboxylic acids is 1. The topological polar surface area (TPSA) is 52.9 Å². The van der Waals surface area contributed by atoms with Gasteiger partial charge in [-0.25, -0.2) is 0 Å². The number of nitrogens with one attached hydrogen (secondary N) is 1. The van der Waals surface area contributed by atoms with Gasteiger partial charge in [0, 0.05) is 13.0 Å². The Morgan fingerprint density at radius 2 is 2.45 bits per heavy atom. The fourth-order valence-electron chi connectivity index (χ4n) is 0.520. The molecule has 3 nitrogen and oxygen atoms in total. The zero-order chi connectivity index (χ0) is 8.69. The minimum absolute atomic E-state index is 0.0251. The minimum atomic E-state index is -0.149. The minimum Gasteiger partial charge on any atom is -0.355 e. The summed E-state index contributed by atoms with van der Waals surface area (Å²) in [5.74, 6) is -0.0251. The largest absolute Gasteiger partial charge is 0.355 e. The van der Waals surface area contributed by atoms with Gasteiger partial charge in [0.25, 0.3) is 0 Å². The van der Waals surface area contributed by atoms with Crippen molar-refractivity contribution in [2.24, 2.45) is 0 Å². The lowest BCUT2D eigenvalue weighted by atomic mass is 10.3. The van der Waals surface area contributed by atoms with Crippen LogP contribution in [0.1, 0.15) is 19.8 Å². The maximum atomic E-state index is 10.9. The summed E-state index contributed by atoms with van der Waals surface area (Å²) in [5, 5.41) is 10.8. The first-order valence-electron chi connectivity index (χ1n) is 3.47. The van der Waals surface area contributed by atoms with Gasteiger partial charge in [0.2, 0.25) is 5.91 Å². The van der Waals surface area contributed by atoms with Crippen LogP contribution in [0.25, 0.3) is 0 Å². The highest BCUT2D eigenvalue weighted by Crippen LogP contribution is 1.96. The van der Waals surface area contributed by atoms with Gasteiger partial charge in [-0.05, 0) is 13.3 Å². The van der Waals surface area contributed by atoms with E-state index in [4.69, 9.17) is 5.26 Å². The van der Waals surface area contributed by atoms with Crippen molar-refractivity contribution in [3.05, 3.63) is 0 Å². The van der Waals surface area contributed by atoms with E-state index in [-0.39, 0.29) is 10.7 Å². The zero-order valence-corrected chi connectivity index (χ0v) is 8.02. The Bertz CT molecular complexity index is 162. The lowest BCUT2D eigenvalue weighted by molar-refractivity contribution is -0.120. The molecular weight excluding hydrogens is 208 g/mol. The molecule has 0 spiro atoms. The molecule has 0 heterocycles. The van der Waals surface area contributed by atoms with Crippen LogP contribution in [0.4, 0.5) is 0 Å². The maximum absolute atomic E-state index is 10.9. The average molecular weight is 219 g/mol. The third-order valence-corrected chi connectivity index (χ3v) is 1.54. The van der Waals surface area contributed by atoms with Crippen molar-refractivity contribution in [2.45, 2.75) is 24.6 Å². The molecule has 1 atom stereocenters. The fraction of sp³-hybridized carbons (Fsp3) is 0.714. The van der Waals surface area contributed by atoms with Gasteiger partial charge >= 0.3 is 0 Å². The van der Waals surface area contributed by atoms with Gasteiger partial charge < -0.3 is 5.32 Å². The Hall–Kier alpha value is -0.560. The summed E-state index contributed by atoms with van der Waals surface area (Å²) in [6, 6.07) is 2.01. The number of amides is 1. The van der Waals surface area contributed by atoms with Crippen LogP contribution in [-0.2, 0) is 4.79 Å². The molecule has 0 fully saturated rings. The molecule has 1 unspecified atom stereocenters. The SMILES string of the molecule is CC(Br)C(=O)NCCCC#N. The van der Waals surface area contributed by atoms with E-state index in [0.29, 0.717) is 13.0 Å². The van der Waals surface area contributed by atoms with Crippen molar-refractivity contribution in [3.63, 3.8) is 0 Å². The van der Waals surface area contributed by atoms with Crippen molar-refractivity contribution >= 4 is 21.8 Å². The number of hydrogen-bond acceptors (Lipinski definition) is 2. The number of unbranched alkanes of at least 4 members (excludes halogenated alkanes) is 1. The van der Waals surface area contributed by atoms with Gasteiger partial charge in [-0.1, -0.05) is 15.9 Å².